The predicted molar refractivity (Wildman–Crippen MR) is 233 cm³/mol. The number of rotatable bonds is 41. The van der Waals surface area contributed by atoms with Gasteiger partial charge in [-0.3, -0.25) is 13.8 Å². The Morgan fingerprint density at radius 3 is 1.45 bits per heavy atom. The number of carbonyl (C=O) groups is 1. The fraction of sp³-hybridized carbons (Fsp3) is 0.717. The van der Waals surface area contributed by atoms with Crippen LogP contribution in [0.3, 0.4) is 0 Å². The van der Waals surface area contributed by atoms with Gasteiger partial charge in [0.1, 0.15) is 12.2 Å². The first-order chi connectivity index (χ1) is 27.3. The molecule has 0 saturated heterocycles. The number of esters is 1. The summed E-state index contributed by atoms with van der Waals surface area (Å²) in [7, 11) is -4.53. The number of ether oxygens (including phenoxy) is 2. The summed E-state index contributed by atoms with van der Waals surface area (Å²) in [5.41, 5.74) is 0. The third-order valence-electron chi connectivity index (χ3n) is 8.89. The molecule has 0 spiro atoms. The number of phosphoric acid groups is 1. The molecule has 9 nitrogen and oxygen atoms in total. The zero-order valence-electron chi connectivity index (χ0n) is 35.3. The van der Waals surface area contributed by atoms with Crippen molar-refractivity contribution in [1.82, 2.24) is 0 Å². The summed E-state index contributed by atoms with van der Waals surface area (Å²) in [6.07, 6.45) is 50.0. The lowest BCUT2D eigenvalue weighted by Crippen LogP contribution is -2.29. The number of aliphatic hydroxyl groups is 2. The maximum absolute atomic E-state index is 12.6. The van der Waals surface area contributed by atoms with Gasteiger partial charge in [0, 0.05) is 13.0 Å². The standard InChI is InChI=1S/C46H81O9P/c1-3-5-7-9-11-13-15-17-19-21-23-25-27-29-31-33-35-37-39-52-42-45(43-54-56(50,51)53-41-44(48)40-47)55-46(49)38-36-34-32-30-28-26-24-22-20-18-16-14-12-10-8-6-4-2/h5-8,11-14,17-20,44-45,47-48H,3-4,9-10,15-16,21-43H2,1-2H3,(H,50,51)/b7-5-,8-6-,13-11-,14-12-,19-17-,20-18-. The summed E-state index contributed by atoms with van der Waals surface area (Å²) < 4.78 is 33.4. The van der Waals surface area contributed by atoms with Crippen LogP contribution in [-0.2, 0) is 27.9 Å². The minimum absolute atomic E-state index is 0.0363. The lowest BCUT2D eigenvalue weighted by Gasteiger charge is -2.20. The first-order valence-electron chi connectivity index (χ1n) is 21.9. The molecule has 0 aromatic heterocycles. The van der Waals surface area contributed by atoms with Gasteiger partial charge in [0.05, 0.1) is 26.4 Å². The van der Waals surface area contributed by atoms with Gasteiger partial charge in [-0.1, -0.05) is 157 Å². The van der Waals surface area contributed by atoms with Crippen LogP contribution in [0.2, 0.25) is 0 Å². The van der Waals surface area contributed by atoms with E-state index >= 15 is 0 Å². The van der Waals surface area contributed by atoms with Crippen molar-refractivity contribution in [3.8, 4) is 0 Å². The Bertz CT molecular complexity index is 1100. The van der Waals surface area contributed by atoms with Crippen molar-refractivity contribution >= 4 is 13.8 Å². The van der Waals surface area contributed by atoms with Crippen LogP contribution in [0, 0.1) is 0 Å². The highest BCUT2D eigenvalue weighted by molar-refractivity contribution is 7.47. The Labute approximate surface area is 342 Å². The molecule has 3 N–H and O–H groups in total. The van der Waals surface area contributed by atoms with E-state index in [1.54, 1.807) is 0 Å². The summed E-state index contributed by atoms with van der Waals surface area (Å²) in [5.74, 6) is -0.398. The number of carbonyl (C=O) groups excluding carboxylic acids is 1. The highest BCUT2D eigenvalue weighted by atomic mass is 31.2. The Morgan fingerprint density at radius 1 is 0.554 bits per heavy atom. The van der Waals surface area contributed by atoms with Crippen LogP contribution in [0.5, 0.6) is 0 Å². The van der Waals surface area contributed by atoms with Crippen molar-refractivity contribution in [3.05, 3.63) is 72.9 Å². The molecule has 10 heteroatoms. The molecule has 0 fully saturated rings. The summed E-state index contributed by atoms with van der Waals surface area (Å²) in [6, 6.07) is 0. The minimum Gasteiger partial charge on any atom is -0.457 e. The monoisotopic (exact) mass is 809 g/mol. The predicted octanol–water partition coefficient (Wildman–Crippen LogP) is 12.1. The second-order valence-electron chi connectivity index (χ2n) is 14.3. The van der Waals surface area contributed by atoms with Gasteiger partial charge in [0.25, 0.3) is 0 Å². The van der Waals surface area contributed by atoms with E-state index in [-0.39, 0.29) is 19.6 Å². The minimum atomic E-state index is -4.53. The lowest BCUT2D eigenvalue weighted by molar-refractivity contribution is -0.154. The van der Waals surface area contributed by atoms with E-state index in [4.69, 9.17) is 23.6 Å². The average molecular weight is 809 g/mol. The van der Waals surface area contributed by atoms with Crippen LogP contribution in [0.4, 0.5) is 0 Å². The largest absolute Gasteiger partial charge is 0.472 e. The number of allylic oxidation sites excluding steroid dienone is 12. The first-order valence-corrected chi connectivity index (χ1v) is 23.4. The van der Waals surface area contributed by atoms with Gasteiger partial charge in [-0.15, -0.1) is 0 Å². The van der Waals surface area contributed by atoms with Crippen molar-refractivity contribution in [2.45, 2.75) is 180 Å². The van der Waals surface area contributed by atoms with E-state index in [9.17, 15) is 19.4 Å². The molecule has 0 heterocycles. The topological polar surface area (TPSA) is 132 Å². The van der Waals surface area contributed by atoms with Crippen molar-refractivity contribution in [1.29, 1.82) is 0 Å². The van der Waals surface area contributed by atoms with E-state index in [0.29, 0.717) is 13.0 Å². The van der Waals surface area contributed by atoms with Crippen molar-refractivity contribution in [2.75, 3.05) is 33.0 Å². The van der Waals surface area contributed by atoms with Crippen LogP contribution in [0.25, 0.3) is 0 Å². The molecule has 0 bridgehead atoms. The van der Waals surface area contributed by atoms with Gasteiger partial charge in [0.2, 0.25) is 0 Å². The highest BCUT2D eigenvalue weighted by Crippen LogP contribution is 2.43. The second-order valence-corrected chi connectivity index (χ2v) is 15.8. The molecule has 0 aromatic carbocycles. The van der Waals surface area contributed by atoms with Crippen molar-refractivity contribution < 1.29 is 43.0 Å². The SMILES string of the molecule is CC/C=C\C/C=C\C/C=C\CCCCCCCCCCOCC(COP(=O)(O)OCC(O)CO)OC(=O)CCCCCCCCC/C=C\C/C=C\C/C=C\CC. The van der Waals surface area contributed by atoms with Crippen molar-refractivity contribution in [3.63, 3.8) is 0 Å². The lowest BCUT2D eigenvalue weighted by atomic mass is 10.1. The maximum Gasteiger partial charge on any atom is 0.472 e. The third kappa shape index (κ3) is 41.5. The van der Waals surface area contributed by atoms with E-state index in [0.717, 1.165) is 89.9 Å². The molecule has 0 radical (unpaired) electrons. The van der Waals surface area contributed by atoms with Crippen LogP contribution < -0.4 is 0 Å². The molecule has 0 saturated carbocycles. The van der Waals surface area contributed by atoms with E-state index in [2.05, 4.69) is 86.8 Å². The Balaban J connectivity index is 4.20. The second kappa shape index (κ2) is 42.5. The zero-order chi connectivity index (χ0) is 41.1. The van der Waals surface area contributed by atoms with E-state index in [1.807, 2.05) is 0 Å². The van der Waals surface area contributed by atoms with E-state index < -0.39 is 39.2 Å². The summed E-state index contributed by atoms with van der Waals surface area (Å²) >= 11 is 0. The smallest absolute Gasteiger partial charge is 0.457 e. The molecule has 0 amide bonds. The number of aliphatic hydroxyl groups excluding tert-OH is 2. The normalized spacial score (nSPS) is 14.7. The Morgan fingerprint density at radius 2 is 0.964 bits per heavy atom. The average Bonchev–Trinajstić information content (AvgIpc) is 3.19. The number of unbranched alkanes of at least 4 members (excludes halogenated alkanes) is 15. The van der Waals surface area contributed by atoms with Gasteiger partial charge in [0.15, 0.2) is 0 Å². The molecule has 0 aliphatic carbocycles. The van der Waals surface area contributed by atoms with Crippen LogP contribution in [0.15, 0.2) is 72.9 Å². The molecular weight excluding hydrogens is 727 g/mol. The molecule has 0 rings (SSSR count). The molecule has 3 atom stereocenters. The fourth-order valence-electron chi connectivity index (χ4n) is 5.62. The molecule has 56 heavy (non-hydrogen) atoms. The Kier molecular flexibility index (Phi) is 40.9. The molecule has 324 valence electrons. The molecule has 0 aliphatic heterocycles. The van der Waals surface area contributed by atoms with Crippen LogP contribution in [-0.4, -0.2) is 66.3 Å². The molecule has 0 aliphatic rings. The Hall–Kier alpha value is -2.10. The maximum atomic E-state index is 12.6. The van der Waals surface area contributed by atoms with Gasteiger partial charge >= 0.3 is 13.8 Å². The third-order valence-corrected chi connectivity index (χ3v) is 9.84. The molecule has 3 unspecified atom stereocenters. The molecular formula is C46H81O9P. The van der Waals surface area contributed by atoms with Gasteiger partial charge < -0.3 is 24.6 Å². The summed E-state index contributed by atoms with van der Waals surface area (Å²) in [5, 5.41) is 18.4. The van der Waals surface area contributed by atoms with Crippen molar-refractivity contribution in [2.24, 2.45) is 0 Å². The van der Waals surface area contributed by atoms with E-state index in [1.165, 1.54) is 51.4 Å². The summed E-state index contributed by atoms with van der Waals surface area (Å²) in [4.78, 5) is 22.6. The van der Waals surface area contributed by atoms with Crippen LogP contribution in [0.1, 0.15) is 168 Å². The highest BCUT2D eigenvalue weighted by Gasteiger charge is 2.26. The number of phosphoric ester groups is 1. The van der Waals surface area contributed by atoms with Gasteiger partial charge in [-0.2, -0.15) is 0 Å². The fourth-order valence-corrected chi connectivity index (χ4v) is 6.41. The summed E-state index contributed by atoms with van der Waals surface area (Å²) in [6.45, 7) is 3.26. The quantitative estimate of drug-likeness (QED) is 0.0239. The molecule has 0 aromatic rings. The van der Waals surface area contributed by atoms with Crippen LogP contribution >= 0.6 is 7.82 Å². The van der Waals surface area contributed by atoms with Gasteiger partial charge in [-0.25, -0.2) is 4.57 Å². The first kappa shape index (κ1) is 53.9. The number of hydrogen-bond donors (Lipinski definition) is 3. The zero-order valence-corrected chi connectivity index (χ0v) is 36.2. The number of hydrogen-bond acceptors (Lipinski definition) is 8. The van der Waals surface area contributed by atoms with Gasteiger partial charge in [-0.05, 0) is 77.0 Å².